The van der Waals surface area contributed by atoms with Crippen LogP contribution >= 0.6 is 0 Å². The smallest absolute Gasteiger partial charge is 0.231 e. The molecule has 3 aromatic rings. The Morgan fingerprint density at radius 1 is 0.935 bits per heavy atom. The van der Waals surface area contributed by atoms with Crippen LogP contribution in [-0.2, 0) is 6.54 Å². The van der Waals surface area contributed by atoms with Crippen molar-refractivity contribution in [2.24, 2.45) is 11.8 Å². The van der Waals surface area contributed by atoms with Crippen molar-refractivity contribution in [3.8, 4) is 22.8 Å². The highest BCUT2D eigenvalue weighted by Gasteiger charge is 2.55. The number of rotatable bonds is 5. The van der Waals surface area contributed by atoms with Gasteiger partial charge in [-0.3, -0.25) is 4.90 Å². The quantitative estimate of drug-likeness (QED) is 0.677. The number of likely N-dealkylation sites (tertiary alicyclic amines) is 1. The van der Waals surface area contributed by atoms with Crippen LogP contribution < -0.4 is 14.8 Å². The number of hydrogen-bond donors (Lipinski definition) is 1. The predicted octanol–water partition coefficient (Wildman–Crippen LogP) is 3.69. The van der Waals surface area contributed by atoms with E-state index in [0.717, 1.165) is 49.3 Å². The van der Waals surface area contributed by atoms with Gasteiger partial charge in [-0.1, -0.05) is 6.07 Å². The summed E-state index contributed by atoms with van der Waals surface area (Å²) in [5, 5.41) is 11.7. The Bertz CT molecular complexity index is 1130. The molecule has 2 aromatic carbocycles. The summed E-state index contributed by atoms with van der Waals surface area (Å²) < 4.78 is 38.2. The largest absolute Gasteiger partial charge is 0.454 e. The van der Waals surface area contributed by atoms with Crippen molar-refractivity contribution in [3.05, 3.63) is 65.7 Å². The maximum absolute atomic E-state index is 13.9. The topological polar surface area (TPSA) is 59.5 Å². The molecule has 0 unspecified atom stereocenters. The van der Waals surface area contributed by atoms with Gasteiger partial charge in [-0.2, -0.15) is 0 Å². The van der Waals surface area contributed by atoms with Gasteiger partial charge >= 0.3 is 0 Å². The van der Waals surface area contributed by atoms with E-state index < -0.39 is 11.6 Å². The van der Waals surface area contributed by atoms with Crippen molar-refractivity contribution in [3.63, 3.8) is 0 Å². The van der Waals surface area contributed by atoms with E-state index >= 15 is 0 Å². The summed E-state index contributed by atoms with van der Waals surface area (Å²) in [7, 11) is 0. The molecular formula is C23H20F2N4O2. The van der Waals surface area contributed by atoms with Gasteiger partial charge in [-0.15, -0.1) is 10.2 Å². The molecule has 8 heteroatoms. The third kappa shape index (κ3) is 3.46. The predicted molar refractivity (Wildman–Crippen MR) is 110 cm³/mol. The van der Waals surface area contributed by atoms with E-state index in [1.54, 1.807) is 12.1 Å². The van der Waals surface area contributed by atoms with E-state index in [-0.39, 0.29) is 5.56 Å². The summed E-state index contributed by atoms with van der Waals surface area (Å²) in [6.07, 6.45) is 0. The number of ether oxygens (including phenoxy) is 2. The molecule has 6 nitrogen and oxygen atoms in total. The van der Waals surface area contributed by atoms with Crippen LogP contribution in [0, 0.1) is 23.5 Å². The molecule has 0 amide bonds. The lowest BCUT2D eigenvalue weighted by Crippen LogP contribution is -2.27. The first-order chi connectivity index (χ1) is 15.1. The number of fused-ring (bicyclic) bond motifs is 2. The van der Waals surface area contributed by atoms with Crippen LogP contribution in [0.4, 0.5) is 14.6 Å². The van der Waals surface area contributed by atoms with Crippen LogP contribution in [0.15, 0.2) is 48.5 Å². The zero-order chi connectivity index (χ0) is 20.9. The van der Waals surface area contributed by atoms with Crippen molar-refractivity contribution < 1.29 is 18.3 Å². The molecule has 158 valence electrons. The Morgan fingerprint density at radius 2 is 1.77 bits per heavy atom. The molecule has 1 aliphatic carbocycles. The molecule has 6 rings (SSSR count). The molecule has 3 aliphatic rings. The fourth-order valence-corrected chi connectivity index (χ4v) is 4.67. The molecule has 1 saturated heterocycles. The average molecular weight is 422 g/mol. The first-order valence-corrected chi connectivity index (χ1v) is 10.3. The van der Waals surface area contributed by atoms with Crippen LogP contribution in [0.5, 0.6) is 11.5 Å². The fraction of sp³-hybridized carbons (Fsp3) is 0.304. The van der Waals surface area contributed by atoms with Crippen LogP contribution in [0.25, 0.3) is 11.3 Å². The van der Waals surface area contributed by atoms with Gasteiger partial charge in [0.25, 0.3) is 0 Å². The van der Waals surface area contributed by atoms with Crippen molar-refractivity contribution in [2.75, 3.05) is 25.2 Å². The lowest BCUT2D eigenvalue weighted by Gasteiger charge is -2.20. The summed E-state index contributed by atoms with van der Waals surface area (Å²) in [6.45, 7) is 3.23. The maximum atomic E-state index is 13.9. The van der Waals surface area contributed by atoms with Gasteiger partial charge in [-0.05, 0) is 59.9 Å². The molecule has 0 bridgehead atoms. The third-order valence-corrected chi connectivity index (χ3v) is 6.30. The summed E-state index contributed by atoms with van der Waals surface area (Å²) in [6, 6.07) is 13.2. The Kier molecular flexibility index (Phi) is 4.27. The second kappa shape index (κ2) is 7.16. The highest BCUT2D eigenvalue weighted by molar-refractivity contribution is 5.60. The first kappa shape index (κ1) is 18.5. The molecule has 2 aliphatic heterocycles. The Hall–Kier alpha value is -3.26. The van der Waals surface area contributed by atoms with Crippen LogP contribution in [0.2, 0.25) is 0 Å². The Morgan fingerprint density at radius 3 is 2.58 bits per heavy atom. The van der Waals surface area contributed by atoms with E-state index in [1.165, 1.54) is 5.56 Å². The van der Waals surface area contributed by atoms with E-state index in [4.69, 9.17) is 9.47 Å². The Balaban J connectivity index is 1.05. The SMILES string of the molecule is Fc1ccc(F)c(-c2ccc(N[C@@H]3[C@@H]4CN(Cc5ccc6c(c5)OCO6)C[C@@H]43)nn2)c1. The Labute approximate surface area is 177 Å². The third-order valence-electron chi connectivity index (χ3n) is 6.30. The lowest BCUT2D eigenvalue weighted by atomic mass is 10.1. The summed E-state index contributed by atoms with van der Waals surface area (Å²) in [4.78, 5) is 2.45. The van der Waals surface area contributed by atoms with Gasteiger partial charge in [0.05, 0.1) is 5.69 Å². The molecule has 3 atom stereocenters. The van der Waals surface area contributed by atoms with Gasteiger partial charge in [-0.25, -0.2) is 8.78 Å². The number of benzene rings is 2. The minimum absolute atomic E-state index is 0.113. The molecule has 31 heavy (non-hydrogen) atoms. The minimum Gasteiger partial charge on any atom is -0.454 e. The zero-order valence-corrected chi connectivity index (χ0v) is 16.6. The number of halogens is 2. The van der Waals surface area contributed by atoms with Crippen LogP contribution in [-0.4, -0.2) is 41.0 Å². The van der Waals surface area contributed by atoms with Crippen molar-refractivity contribution in [1.82, 2.24) is 15.1 Å². The van der Waals surface area contributed by atoms with E-state index in [1.807, 2.05) is 6.07 Å². The van der Waals surface area contributed by atoms with Gasteiger partial charge in [0, 0.05) is 31.2 Å². The standard InChI is InChI=1S/C23H20F2N4O2/c24-14-2-3-18(25)15(8-14)19-4-6-22(28-27-19)26-23-16-10-29(11-17(16)23)9-13-1-5-20-21(7-13)31-12-30-20/h1-8,16-17,23H,9-12H2,(H,26,28)/t16-,17+,23-. The number of anilines is 1. The van der Waals surface area contributed by atoms with Crippen LogP contribution in [0.3, 0.4) is 0 Å². The second-order valence-corrected chi connectivity index (χ2v) is 8.31. The molecule has 0 radical (unpaired) electrons. The molecule has 1 saturated carbocycles. The van der Waals surface area contributed by atoms with Gasteiger partial charge in [0.15, 0.2) is 11.5 Å². The van der Waals surface area contributed by atoms with Crippen LogP contribution in [0.1, 0.15) is 5.56 Å². The highest BCUT2D eigenvalue weighted by atomic mass is 19.1. The van der Waals surface area contributed by atoms with Crippen molar-refractivity contribution in [2.45, 2.75) is 12.6 Å². The molecule has 0 spiro atoms. The average Bonchev–Trinajstić information content (AvgIpc) is 3.14. The molecule has 1 aromatic heterocycles. The first-order valence-electron chi connectivity index (χ1n) is 10.3. The van der Waals surface area contributed by atoms with Gasteiger partial charge in [0.1, 0.15) is 17.5 Å². The molecular weight excluding hydrogens is 402 g/mol. The fourth-order valence-electron chi connectivity index (χ4n) is 4.67. The molecule has 2 fully saturated rings. The number of piperidine rings is 1. The summed E-state index contributed by atoms with van der Waals surface area (Å²) in [5.74, 6) is 2.42. The zero-order valence-electron chi connectivity index (χ0n) is 16.6. The summed E-state index contributed by atoms with van der Waals surface area (Å²) in [5.41, 5.74) is 1.65. The number of aromatic nitrogens is 2. The van der Waals surface area contributed by atoms with Gasteiger partial charge in [0.2, 0.25) is 6.79 Å². The summed E-state index contributed by atoms with van der Waals surface area (Å²) >= 11 is 0. The number of hydrogen-bond acceptors (Lipinski definition) is 6. The molecule has 1 N–H and O–H groups in total. The highest BCUT2D eigenvalue weighted by Crippen LogP contribution is 2.47. The lowest BCUT2D eigenvalue weighted by molar-refractivity contribution is 0.174. The van der Waals surface area contributed by atoms with E-state index in [9.17, 15) is 8.78 Å². The van der Waals surface area contributed by atoms with Gasteiger partial charge < -0.3 is 14.8 Å². The monoisotopic (exact) mass is 422 g/mol. The second-order valence-electron chi connectivity index (χ2n) is 8.31. The van der Waals surface area contributed by atoms with E-state index in [0.29, 0.717) is 36.2 Å². The maximum Gasteiger partial charge on any atom is 0.231 e. The normalized spacial score (nSPS) is 23.6. The van der Waals surface area contributed by atoms with E-state index in [2.05, 4.69) is 32.5 Å². The minimum atomic E-state index is -0.518. The van der Waals surface area contributed by atoms with Crippen molar-refractivity contribution in [1.29, 1.82) is 0 Å². The van der Waals surface area contributed by atoms with Crippen molar-refractivity contribution >= 4 is 5.82 Å². The number of nitrogens with one attached hydrogen (secondary N) is 1. The number of nitrogens with zero attached hydrogens (tertiary/aromatic N) is 3. The molecule has 3 heterocycles.